The molecular weight excluding hydrogens is 376 g/mol. The van der Waals surface area contributed by atoms with Crippen molar-refractivity contribution in [3.63, 3.8) is 0 Å². The first-order valence-electron chi connectivity index (χ1n) is 9.64. The normalized spacial score (nSPS) is 17.1. The molecule has 29 heavy (non-hydrogen) atoms. The third-order valence-electron chi connectivity index (χ3n) is 4.86. The van der Waals surface area contributed by atoms with Crippen molar-refractivity contribution < 1.29 is 28.2 Å². The molecule has 0 bridgehead atoms. The molecule has 0 spiro atoms. The molecule has 0 amide bonds. The zero-order chi connectivity index (χ0) is 20.8. The summed E-state index contributed by atoms with van der Waals surface area (Å²) in [6.45, 7) is 6.39. The average molecular weight is 402 g/mol. The first-order valence-corrected chi connectivity index (χ1v) is 9.64. The Hall–Kier alpha value is -2.71. The van der Waals surface area contributed by atoms with Crippen LogP contribution in [0.15, 0.2) is 28.7 Å². The van der Waals surface area contributed by atoms with Gasteiger partial charge in [-0.15, -0.1) is 0 Å². The molecule has 2 aromatic rings. The van der Waals surface area contributed by atoms with E-state index in [1.165, 1.54) is 7.11 Å². The van der Waals surface area contributed by atoms with Gasteiger partial charge in [-0.3, -0.25) is 9.69 Å². The molecule has 1 aliphatic heterocycles. The van der Waals surface area contributed by atoms with Gasteiger partial charge in [0, 0.05) is 24.7 Å². The van der Waals surface area contributed by atoms with Crippen LogP contribution in [0.5, 0.6) is 0 Å². The number of rotatable bonds is 7. The van der Waals surface area contributed by atoms with Crippen LogP contribution in [-0.4, -0.2) is 61.3 Å². The van der Waals surface area contributed by atoms with Gasteiger partial charge in [-0.2, -0.15) is 0 Å². The van der Waals surface area contributed by atoms with Crippen LogP contribution in [-0.2, 0) is 25.5 Å². The lowest BCUT2D eigenvalue weighted by Crippen LogP contribution is -2.46. The van der Waals surface area contributed by atoms with Crippen LogP contribution in [0.4, 0.5) is 0 Å². The van der Waals surface area contributed by atoms with Crippen molar-refractivity contribution >= 4 is 11.9 Å². The molecule has 1 aromatic heterocycles. The molecule has 156 valence electrons. The number of carbonyl (C=O) groups is 2. The van der Waals surface area contributed by atoms with Crippen molar-refractivity contribution in [2.75, 3.05) is 33.5 Å². The lowest BCUT2D eigenvalue weighted by molar-refractivity contribution is -0.146. The zero-order valence-electron chi connectivity index (χ0n) is 17.0. The second-order valence-electron chi connectivity index (χ2n) is 6.80. The number of aromatic nitrogens is 1. The summed E-state index contributed by atoms with van der Waals surface area (Å²) in [5.41, 5.74) is 2.06. The van der Waals surface area contributed by atoms with E-state index in [4.69, 9.17) is 18.6 Å². The fourth-order valence-corrected chi connectivity index (χ4v) is 3.25. The van der Waals surface area contributed by atoms with E-state index in [2.05, 4.69) is 9.88 Å². The number of carbonyl (C=O) groups excluding carboxylic acids is 2. The highest BCUT2D eigenvalue weighted by atomic mass is 16.5. The van der Waals surface area contributed by atoms with Gasteiger partial charge in [-0.25, -0.2) is 9.78 Å². The molecule has 0 N–H and O–H groups in total. The van der Waals surface area contributed by atoms with Gasteiger partial charge in [0.15, 0.2) is 0 Å². The molecule has 1 atom stereocenters. The number of oxazole rings is 1. The van der Waals surface area contributed by atoms with Gasteiger partial charge in [-0.1, -0.05) is 0 Å². The molecule has 1 aromatic carbocycles. The number of ether oxygens (including phenoxy) is 3. The summed E-state index contributed by atoms with van der Waals surface area (Å²) in [6, 6.07) is 6.86. The number of morpholine rings is 1. The van der Waals surface area contributed by atoms with Gasteiger partial charge < -0.3 is 18.6 Å². The van der Waals surface area contributed by atoms with Crippen LogP contribution in [0.25, 0.3) is 11.5 Å². The molecule has 2 heterocycles. The quantitative estimate of drug-likeness (QED) is 0.653. The molecule has 8 heteroatoms. The van der Waals surface area contributed by atoms with Crippen molar-refractivity contribution in [3.05, 3.63) is 41.3 Å². The number of methoxy groups -OCH3 is 1. The number of esters is 2. The minimum Gasteiger partial charge on any atom is -0.466 e. The molecule has 3 rings (SSSR count). The summed E-state index contributed by atoms with van der Waals surface area (Å²) < 4.78 is 21.2. The molecule has 8 nitrogen and oxygen atoms in total. The number of aryl methyl sites for hydroxylation is 1. The van der Waals surface area contributed by atoms with Crippen molar-refractivity contribution in [1.29, 1.82) is 0 Å². The molecule has 0 radical (unpaired) electrons. The number of hydrogen-bond donors (Lipinski definition) is 0. The standard InChI is InChI=1S/C21H26N2O6/c1-4-28-19(24)11-17-13-27-10-9-23(17)12-18-14(2)29-20(22-18)15-5-7-16(8-6-15)21(25)26-3/h5-8,17H,4,9-13H2,1-3H3/t17-/m0/s1. The molecular formula is C21H26N2O6. The summed E-state index contributed by atoms with van der Waals surface area (Å²) >= 11 is 0. The van der Waals surface area contributed by atoms with Crippen LogP contribution >= 0.6 is 0 Å². The second-order valence-corrected chi connectivity index (χ2v) is 6.80. The van der Waals surface area contributed by atoms with Crippen LogP contribution < -0.4 is 0 Å². The van der Waals surface area contributed by atoms with Gasteiger partial charge in [0.1, 0.15) is 5.76 Å². The minimum absolute atomic E-state index is 0.0540. The summed E-state index contributed by atoms with van der Waals surface area (Å²) in [4.78, 5) is 30.3. The number of nitrogens with zero attached hydrogens (tertiary/aromatic N) is 2. The van der Waals surface area contributed by atoms with Crippen LogP contribution in [0, 0.1) is 6.92 Å². The molecule has 1 saturated heterocycles. The van der Waals surface area contributed by atoms with Gasteiger partial charge in [0.05, 0.1) is 44.6 Å². The Morgan fingerprint density at radius 1 is 1.28 bits per heavy atom. The van der Waals surface area contributed by atoms with Crippen molar-refractivity contribution in [1.82, 2.24) is 9.88 Å². The summed E-state index contributed by atoms with van der Waals surface area (Å²) in [5.74, 6) is 0.597. The topological polar surface area (TPSA) is 91.1 Å². The Bertz CT molecular complexity index is 845. The van der Waals surface area contributed by atoms with E-state index in [9.17, 15) is 9.59 Å². The van der Waals surface area contributed by atoms with Crippen LogP contribution in [0.1, 0.15) is 35.2 Å². The Balaban J connectivity index is 1.72. The largest absolute Gasteiger partial charge is 0.466 e. The number of benzene rings is 1. The number of hydrogen-bond acceptors (Lipinski definition) is 8. The van der Waals surface area contributed by atoms with Crippen molar-refractivity contribution in [2.24, 2.45) is 0 Å². The summed E-state index contributed by atoms with van der Waals surface area (Å²) in [7, 11) is 1.35. The SMILES string of the molecule is CCOC(=O)C[C@H]1COCCN1Cc1nc(-c2ccc(C(=O)OC)cc2)oc1C. The summed E-state index contributed by atoms with van der Waals surface area (Å²) in [6.07, 6.45) is 0.284. The highest BCUT2D eigenvalue weighted by molar-refractivity contribution is 5.89. The van der Waals surface area contributed by atoms with Crippen molar-refractivity contribution in [3.8, 4) is 11.5 Å². The van der Waals surface area contributed by atoms with Crippen LogP contribution in [0.2, 0.25) is 0 Å². The van der Waals surface area contributed by atoms with E-state index in [1.807, 2.05) is 6.92 Å². The second kappa shape index (κ2) is 9.67. The third-order valence-corrected chi connectivity index (χ3v) is 4.86. The lowest BCUT2D eigenvalue weighted by Gasteiger charge is -2.34. The van der Waals surface area contributed by atoms with Gasteiger partial charge >= 0.3 is 11.9 Å². The highest BCUT2D eigenvalue weighted by Gasteiger charge is 2.27. The minimum atomic E-state index is -0.388. The predicted molar refractivity (Wildman–Crippen MR) is 104 cm³/mol. The van der Waals surface area contributed by atoms with Gasteiger partial charge in [-0.05, 0) is 38.1 Å². The van der Waals surface area contributed by atoms with Crippen LogP contribution in [0.3, 0.4) is 0 Å². The Kier molecular flexibility index (Phi) is 7.00. The lowest BCUT2D eigenvalue weighted by atomic mass is 10.1. The van der Waals surface area contributed by atoms with E-state index >= 15 is 0 Å². The molecule has 1 aliphatic rings. The fourth-order valence-electron chi connectivity index (χ4n) is 3.25. The molecule has 0 unspecified atom stereocenters. The molecule has 1 fully saturated rings. The first kappa shape index (κ1) is 21.0. The zero-order valence-corrected chi connectivity index (χ0v) is 17.0. The third kappa shape index (κ3) is 5.21. The maximum atomic E-state index is 11.9. The average Bonchev–Trinajstić information content (AvgIpc) is 3.09. The maximum Gasteiger partial charge on any atom is 0.337 e. The van der Waals surface area contributed by atoms with E-state index in [-0.39, 0.29) is 24.4 Å². The summed E-state index contributed by atoms with van der Waals surface area (Å²) in [5, 5.41) is 0. The fraction of sp³-hybridized carbons (Fsp3) is 0.476. The Labute approximate surface area is 169 Å². The van der Waals surface area contributed by atoms with E-state index in [0.717, 1.165) is 17.0 Å². The van der Waals surface area contributed by atoms with E-state index in [0.29, 0.717) is 44.4 Å². The molecule has 0 aliphatic carbocycles. The molecule has 0 saturated carbocycles. The van der Waals surface area contributed by atoms with Gasteiger partial charge in [0.2, 0.25) is 5.89 Å². The van der Waals surface area contributed by atoms with E-state index < -0.39 is 0 Å². The van der Waals surface area contributed by atoms with Gasteiger partial charge in [0.25, 0.3) is 0 Å². The van der Waals surface area contributed by atoms with E-state index in [1.54, 1.807) is 31.2 Å². The Morgan fingerprint density at radius 3 is 2.72 bits per heavy atom. The first-order chi connectivity index (χ1) is 14.0. The predicted octanol–water partition coefficient (Wildman–Crippen LogP) is 2.59. The highest BCUT2D eigenvalue weighted by Crippen LogP contribution is 2.24. The Morgan fingerprint density at radius 2 is 2.03 bits per heavy atom. The monoisotopic (exact) mass is 402 g/mol. The van der Waals surface area contributed by atoms with Crippen molar-refractivity contribution in [2.45, 2.75) is 32.9 Å². The smallest absolute Gasteiger partial charge is 0.337 e. The maximum absolute atomic E-state index is 11.9.